The van der Waals surface area contributed by atoms with Crippen molar-refractivity contribution in [3.05, 3.63) is 144 Å². The zero-order chi connectivity index (χ0) is 29.5. The minimum absolute atomic E-state index is 0.286. The van der Waals surface area contributed by atoms with Gasteiger partial charge < -0.3 is 23.7 Å². The summed E-state index contributed by atoms with van der Waals surface area (Å²) in [6.07, 6.45) is -2.32. The molecule has 222 valence electrons. The predicted molar refractivity (Wildman–Crippen MR) is 170 cm³/mol. The van der Waals surface area contributed by atoms with Gasteiger partial charge in [-0.2, -0.15) is 0 Å². The lowest BCUT2D eigenvalue weighted by Crippen LogP contribution is -2.61. The summed E-state index contributed by atoms with van der Waals surface area (Å²) in [5.74, 6) is 0. The molecule has 5 atom stereocenters. The standard InChI is InChI=1S/C36H37NO5S/c43-27-37-21-32-34(39-23-29-15-7-2-8-16-29)36(41-25-31-19-11-4-12-20-31)35(40-24-30-17-9-3-10-18-30)33(42-32)26-38-22-28-13-5-1-6-14-28/h1-20,32-36H,21-26H2/t32-,33-,34-,35-,36-/m1/s1. The normalized spacial score (nSPS) is 21.6. The smallest absolute Gasteiger partial charge is 0.115 e. The van der Waals surface area contributed by atoms with E-state index in [1.54, 1.807) is 0 Å². The fourth-order valence-corrected chi connectivity index (χ4v) is 5.23. The number of benzene rings is 4. The fourth-order valence-electron chi connectivity index (χ4n) is 5.16. The molecule has 0 amide bonds. The second kappa shape index (κ2) is 16.9. The third kappa shape index (κ3) is 9.48. The van der Waals surface area contributed by atoms with Crippen molar-refractivity contribution in [3.8, 4) is 0 Å². The van der Waals surface area contributed by atoms with E-state index in [4.69, 9.17) is 35.9 Å². The van der Waals surface area contributed by atoms with Crippen molar-refractivity contribution in [2.45, 2.75) is 56.9 Å². The van der Waals surface area contributed by atoms with Crippen LogP contribution in [-0.2, 0) is 50.1 Å². The molecule has 0 unspecified atom stereocenters. The van der Waals surface area contributed by atoms with E-state index in [0.29, 0.717) is 33.0 Å². The number of thiocarbonyl (C=S) groups is 1. The molecule has 0 aliphatic carbocycles. The van der Waals surface area contributed by atoms with Crippen LogP contribution in [0.4, 0.5) is 0 Å². The summed E-state index contributed by atoms with van der Waals surface area (Å²) < 4.78 is 32.8. The molecule has 6 nitrogen and oxygen atoms in total. The van der Waals surface area contributed by atoms with Gasteiger partial charge in [0.2, 0.25) is 0 Å². The van der Waals surface area contributed by atoms with Crippen molar-refractivity contribution < 1.29 is 23.7 Å². The van der Waals surface area contributed by atoms with Gasteiger partial charge in [-0.05, 0) is 34.5 Å². The summed E-state index contributed by atoms with van der Waals surface area (Å²) in [5, 5.41) is 2.49. The Bertz CT molecular complexity index is 1390. The highest BCUT2D eigenvalue weighted by atomic mass is 32.1. The minimum atomic E-state index is -0.484. The van der Waals surface area contributed by atoms with Crippen molar-refractivity contribution in [1.29, 1.82) is 0 Å². The van der Waals surface area contributed by atoms with Crippen LogP contribution in [0.15, 0.2) is 126 Å². The molecule has 0 bridgehead atoms. The Morgan fingerprint density at radius 3 is 1.37 bits per heavy atom. The topological polar surface area (TPSA) is 58.5 Å². The zero-order valence-corrected chi connectivity index (χ0v) is 24.9. The molecule has 43 heavy (non-hydrogen) atoms. The first-order valence-electron chi connectivity index (χ1n) is 14.6. The van der Waals surface area contributed by atoms with Crippen LogP contribution in [0.1, 0.15) is 22.3 Å². The summed E-state index contributed by atoms with van der Waals surface area (Å²) in [4.78, 5) is 4.26. The highest BCUT2D eigenvalue weighted by Gasteiger charge is 2.48. The highest BCUT2D eigenvalue weighted by molar-refractivity contribution is 7.78. The number of rotatable bonds is 15. The monoisotopic (exact) mass is 595 g/mol. The second-order valence-corrected chi connectivity index (χ2v) is 10.6. The van der Waals surface area contributed by atoms with E-state index in [9.17, 15) is 0 Å². The fraction of sp³-hybridized carbons (Fsp3) is 0.306. The molecule has 1 saturated heterocycles. The third-order valence-electron chi connectivity index (χ3n) is 7.32. The van der Waals surface area contributed by atoms with Crippen LogP contribution in [0.25, 0.3) is 0 Å². The molecule has 0 N–H and O–H groups in total. The van der Waals surface area contributed by atoms with E-state index >= 15 is 0 Å². The molecular formula is C36H37NO5S. The van der Waals surface area contributed by atoms with Crippen molar-refractivity contribution >= 4 is 17.4 Å². The van der Waals surface area contributed by atoms with Crippen LogP contribution in [0.2, 0.25) is 0 Å². The maximum Gasteiger partial charge on any atom is 0.115 e. The molecule has 0 saturated carbocycles. The van der Waals surface area contributed by atoms with Crippen LogP contribution in [0, 0.1) is 0 Å². The largest absolute Gasteiger partial charge is 0.374 e. The Morgan fingerprint density at radius 1 is 0.535 bits per heavy atom. The zero-order valence-electron chi connectivity index (χ0n) is 24.1. The van der Waals surface area contributed by atoms with Gasteiger partial charge in [0.15, 0.2) is 0 Å². The number of hydrogen-bond donors (Lipinski definition) is 0. The van der Waals surface area contributed by atoms with Crippen molar-refractivity contribution in [2.75, 3.05) is 13.2 Å². The van der Waals surface area contributed by atoms with Gasteiger partial charge in [0.1, 0.15) is 30.5 Å². The molecule has 0 radical (unpaired) electrons. The molecule has 5 rings (SSSR count). The molecular weight excluding hydrogens is 558 g/mol. The number of nitrogens with zero attached hydrogens (tertiary/aromatic N) is 1. The van der Waals surface area contributed by atoms with E-state index in [2.05, 4.69) is 10.2 Å². The summed E-state index contributed by atoms with van der Waals surface area (Å²) >= 11 is 4.92. The summed E-state index contributed by atoms with van der Waals surface area (Å²) in [6, 6.07) is 40.4. The third-order valence-corrected chi connectivity index (χ3v) is 7.44. The quantitative estimate of drug-likeness (QED) is 0.111. The maximum absolute atomic E-state index is 6.70. The number of hydrogen-bond acceptors (Lipinski definition) is 7. The SMILES string of the molecule is S=C=NC[C@H]1O[C@H](COCc2ccccc2)[C@@H](OCc2ccccc2)[C@H](OCc2ccccc2)[C@@H]1OCc1ccccc1. The molecule has 1 heterocycles. The van der Waals surface area contributed by atoms with Crippen LogP contribution >= 0.6 is 12.2 Å². The van der Waals surface area contributed by atoms with Crippen LogP contribution in [-0.4, -0.2) is 48.8 Å². The van der Waals surface area contributed by atoms with E-state index in [-0.39, 0.29) is 6.54 Å². The van der Waals surface area contributed by atoms with Crippen LogP contribution in [0.5, 0.6) is 0 Å². The second-order valence-electron chi connectivity index (χ2n) is 10.4. The highest BCUT2D eigenvalue weighted by Crippen LogP contribution is 2.31. The van der Waals surface area contributed by atoms with Gasteiger partial charge in [-0.1, -0.05) is 121 Å². The number of ether oxygens (including phenoxy) is 5. The number of aliphatic imine (C=N–C) groups is 1. The maximum atomic E-state index is 6.70. The molecule has 1 aliphatic rings. The Kier molecular flexibility index (Phi) is 12.2. The average Bonchev–Trinajstić information content (AvgIpc) is 3.07. The van der Waals surface area contributed by atoms with E-state index < -0.39 is 30.5 Å². The van der Waals surface area contributed by atoms with Gasteiger partial charge in [0.25, 0.3) is 0 Å². The Hall–Kier alpha value is -3.52. The predicted octanol–water partition coefficient (Wildman–Crippen LogP) is 6.83. The van der Waals surface area contributed by atoms with Gasteiger partial charge >= 0.3 is 0 Å². The van der Waals surface area contributed by atoms with Gasteiger partial charge in [0.05, 0.1) is 44.7 Å². The molecule has 0 aromatic heterocycles. The Morgan fingerprint density at radius 2 is 0.930 bits per heavy atom. The lowest BCUT2D eigenvalue weighted by Gasteiger charge is -2.46. The molecule has 7 heteroatoms. The van der Waals surface area contributed by atoms with Gasteiger partial charge in [-0.25, -0.2) is 4.99 Å². The summed E-state index contributed by atoms with van der Waals surface area (Å²) in [5.41, 5.74) is 4.25. The van der Waals surface area contributed by atoms with Gasteiger partial charge in [-0.3, -0.25) is 0 Å². The van der Waals surface area contributed by atoms with E-state index in [0.717, 1.165) is 22.3 Å². The van der Waals surface area contributed by atoms with Gasteiger partial charge in [-0.15, -0.1) is 0 Å². The van der Waals surface area contributed by atoms with Crippen LogP contribution in [0.3, 0.4) is 0 Å². The minimum Gasteiger partial charge on any atom is -0.374 e. The summed E-state index contributed by atoms with van der Waals surface area (Å²) in [6.45, 7) is 2.22. The Balaban J connectivity index is 1.42. The summed E-state index contributed by atoms with van der Waals surface area (Å²) in [7, 11) is 0. The molecule has 1 fully saturated rings. The van der Waals surface area contributed by atoms with Crippen molar-refractivity contribution in [1.82, 2.24) is 0 Å². The first kappa shape index (κ1) is 30.9. The van der Waals surface area contributed by atoms with Crippen molar-refractivity contribution in [3.63, 3.8) is 0 Å². The molecule has 0 spiro atoms. The first-order valence-corrected chi connectivity index (χ1v) is 15.0. The molecule has 4 aromatic rings. The van der Waals surface area contributed by atoms with E-state index in [1.165, 1.54) is 0 Å². The molecule has 4 aromatic carbocycles. The van der Waals surface area contributed by atoms with Crippen LogP contribution < -0.4 is 0 Å². The van der Waals surface area contributed by atoms with Gasteiger partial charge in [0, 0.05) is 0 Å². The average molecular weight is 596 g/mol. The first-order chi connectivity index (χ1) is 21.3. The van der Waals surface area contributed by atoms with E-state index in [1.807, 2.05) is 121 Å². The Labute approximate surface area is 259 Å². The van der Waals surface area contributed by atoms with Crippen molar-refractivity contribution in [2.24, 2.45) is 4.99 Å². The molecule has 1 aliphatic heterocycles. The lowest BCUT2D eigenvalue weighted by atomic mass is 9.94. The lowest BCUT2D eigenvalue weighted by molar-refractivity contribution is -0.270. The number of isothiocyanates is 1.